The Morgan fingerprint density at radius 2 is 2.00 bits per heavy atom. The first-order valence-corrected chi connectivity index (χ1v) is 10.1. The van der Waals surface area contributed by atoms with Crippen LogP contribution in [0.4, 0.5) is 10.8 Å². The van der Waals surface area contributed by atoms with Crippen LogP contribution in [-0.4, -0.2) is 54.4 Å². The maximum atomic E-state index is 12.5. The zero-order valence-corrected chi connectivity index (χ0v) is 15.9. The molecule has 7 nitrogen and oxygen atoms in total. The van der Waals surface area contributed by atoms with Crippen LogP contribution in [0.25, 0.3) is 0 Å². The molecule has 1 aliphatic heterocycles. The van der Waals surface area contributed by atoms with E-state index in [0.717, 1.165) is 56.8 Å². The smallest absolute Gasteiger partial charge is 0.251 e. The second-order valence-corrected chi connectivity index (χ2v) is 8.03. The van der Waals surface area contributed by atoms with Crippen molar-refractivity contribution in [2.75, 3.05) is 42.9 Å². The molecule has 1 aliphatic carbocycles. The van der Waals surface area contributed by atoms with Crippen molar-refractivity contribution in [3.8, 4) is 0 Å². The molecule has 2 aromatic heterocycles. The van der Waals surface area contributed by atoms with Crippen molar-refractivity contribution >= 4 is 34.0 Å². The van der Waals surface area contributed by atoms with Crippen LogP contribution in [0.5, 0.6) is 0 Å². The van der Waals surface area contributed by atoms with E-state index in [1.165, 1.54) is 16.2 Å². The number of amides is 2. The summed E-state index contributed by atoms with van der Waals surface area (Å²) < 4.78 is 0. The fourth-order valence-corrected chi connectivity index (χ4v) is 5.11. The van der Waals surface area contributed by atoms with Crippen molar-refractivity contribution in [1.29, 1.82) is 0 Å². The Morgan fingerprint density at radius 1 is 1.19 bits per heavy atom. The molecule has 4 rings (SSSR count). The average Bonchev–Trinajstić information content (AvgIpc) is 3.23. The lowest BCUT2D eigenvalue weighted by Crippen LogP contribution is -2.48. The van der Waals surface area contributed by atoms with Gasteiger partial charge in [0.15, 0.2) is 0 Å². The van der Waals surface area contributed by atoms with E-state index < -0.39 is 5.91 Å². The quantitative estimate of drug-likeness (QED) is 0.814. The molecule has 0 bridgehead atoms. The molecule has 1 fully saturated rings. The van der Waals surface area contributed by atoms with Gasteiger partial charge in [0.25, 0.3) is 5.91 Å². The van der Waals surface area contributed by atoms with Crippen molar-refractivity contribution in [2.45, 2.75) is 19.3 Å². The lowest BCUT2D eigenvalue weighted by molar-refractivity contribution is -0.117. The number of carbonyl (C=O) groups is 2. The van der Waals surface area contributed by atoms with Crippen molar-refractivity contribution in [3.63, 3.8) is 0 Å². The summed E-state index contributed by atoms with van der Waals surface area (Å²) in [6, 6.07) is 5.89. The second-order valence-electron chi connectivity index (χ2n) is 6.93. The summed E-state index contributed by atoms with van der Waals surface area (Å²) in [6.45, 7) is 3.59. The number of fused-ring (bicyclic) bond motifs is 1. The van der Waals surface area contributed by atoms with Gasteiger partial charge in [0.1, 0.15) is 10.8 Å². The van der Waals surface area contributed by atoms with Gasteiger partial charge in [-0.05, 0) is 37.0 Å². The van der Waals surface area contributed by atoms with Gasteiger partial charge in [-0.3, -0.25) is 14.5 Å². The molecule has 0 atom stereocenters. The van der Waals surface area contributed by atoms with Crippen LogP contribution >= 0.6 is 11.3 Å². The third-order valence-corrected chi connectivity index (χ3v) is 6.34. The molecule has 2 aromatic rings. The molecule has 0 unspecified atom stereocenters. The highest BCUT2D eigenvalue weighted by molar-refractivity contribution is 7.17. The summed E-state index contributed by atoms with van der Waals surface area (Å²) in [5, 5.41) is 3.54. The highest BCUT2D eigenvalue weighted by Gasteiger charge is 2.27. The number of carbonyl (C=O) groups excluding carboxylic acids is 2. The van der Waals surface area contributed by atoms with E-state index >= 15 is 0 Å². The molecule has 0 radical (unpaired) electrons. The number of aryl methyl sites for hydroxylation is 1. The van der Waals surface area contributed by atoms with E-state index in [4.69, 9.17) is 5.73 Å². The first-order chi connectivity index (χ1) is 13.1. The summed E-state index contributed by atoms with van der Waals surface area (Å²) in [5.74, 6) is 0.429. The third kappa shape index (κ3) is 3.81. The zero-order valence-electron chi connectivity index (χ0n) is 15.1. The maximum absolute atomic E-state index is 12.5. The molecule has 3 N–H and O–H groups in total. The number of pyridine rings is 1. The fraction of sp³-hybridized carbons (Fsp3) is 0.421. The monoisotopic (exact) mass is 385 g/mol. The summed E-state index contributed by atoms with van der Waals surface area (Å²) in [4.78, 5) is 34.3. The molecule has 0 spiro atoms. The number of primary amides is 1. The first-order valence-electron chi connectivity index (χ1n) is 9.24. The molecular weight excluding hydrogens is 362 g/mol. The van der Waals surface area contributed by atoms with Gasteiger partial charge in [0.2, 0.25) is 5.91 Å². The minimum Gasteiger partial charge on any atom is -0.365 e. The van der Waals surface area contributed by atoms with Crippen LogP contribution < -0.4 is 16.0 Å². The van der Waals surface area contributed by atoms with Gasteiger partial charge in [0, 0.05) is 37.3 Å². The molecule has 142 valence electrons. The lowest BCUT2D eigenvalue weighted by Gasteiger charge is -2.34. The molecule has 27 heavy (non-hydrogen) atoms. The number of aromatic nitrogens is 1. The topological polar surface area (TPSA) is 91.6 Å². The van der Waals surface area contributed by atoms with E-state index in [1.54, 1.807) is 6.20 Å². The minimum absolute atomic E-state index is 0.0938. The number of rotatable bonds is 5. The van der Waals surface area contributed by atoms with Crippen LogP contribution in [0.3, 0.4) is 0 Å². The Bertz CT molecular complexity index is 843. The third-order valence-electron chi connectivity index (χ3n) is 5.13. The Kier molecular flexibility index (Phi) is 5.09. The summed E-state index contributed by atoms with van der Waals surface area (Å²) in [6.07, 6.45) is 4.68. The number of piperazine rings is 1. The Balaban J connectivity index is 1.34. The van der Waals surface area contributed by atoms with Crippen molar-refractivity contribution < 1.29 is 9.59 Å². The maximum Gasteiger partial charge on any atom is 0.251 e. The van der Waals surface area contributed by atoms with E-state index in [1.807, 2.05) is 18.2 Å². The highest BCUT2D eigenvalue weighted by atomic mass is 32.1. The predicted molar refractivity (Wildman–Crippen MR) is 106 cm³/mol. The standard InChI is InChI=1S/C19H23N5O2S/c20-18(26)17-13-4-3-5-14(13)27-19(17)22-16(25)12-23-8-10-24(11-9-23)15-6-1-2-7-21-15/h1-2,6-7H,3-5,8-12H2,(H2,20,26)(H,22,25). The number of thiophene rings is 1. The molecule has 1 saturated heterocycles. The molecule has 0 saturated carbocycles. The summed E-state index contributed by atoms with van der Waals surface area (Å²) >= 11 is 1.50. The van der Waals surface area contributed by atoms with Crippen LogP contribution in [0.1, 0.15) is 27.2 Å². The molecule has 2 aliphatic rings. The van der Waals surface area contributed by atoms with E-state index in [-0.39, 0.29) is 5.91 Å². The van der Waals surface area contributed by atoms with Gasteiger partial charge in [-0.15, -0.1) is 11.3 Å². The van der Waals surface area contributed by atoms with Gasteiger partial charge in [-0.2, -0.15) is 0 Å². The largest absolute Gasteiger partial charge is 0.365 e. The van der Waals surface area contributed by atoms with E-state index in [9.17, 15) is 9.59 Å². The Labute approximate surface area is 162 Å². The fourth-order valence-electron chi connectivity index (χ4n) is 3.80. The molecule has 8 heteroatoms. The second kappa shape index (κ2) is 7.66. The molecule has 2 amide bonds. The predicted octanol–water partition coefficient (Wildman–Crippen LogP) is 1.49. The Hall–Kier alpha value is -2.45. The Morgan fingerprint density at radius 3 is 2.70 bits per heavy atom. The number of hydrogen-bond donors (Lipinski definition) is 2. The molecular formula is C19H23N5O2S. The van der Waals surface area contributed by atoms with Crippen LogP contribution in [-0.2, 0) is 17.6 Å². The van der Waals surface area contributed by atoms with Crippen LogP contribution in [0.2, 0.25) is 0 Å². The van der Waals surface area contributed by atoms with E-state index in [2.05, 4.69) is 20.1 Å². The van der Waals surface area contributed by atoms with Crippen molar-refractivity contribution in [2.24, 2.45) is 5.73 Å². The molecule has 0 aromatic carbocycles. The summed E-state index contributed by atoms with van der Waals surface area (Å²) in [5.41, 5.74) is 7.11. The normalized spacial score (nSPS) is 17.0. The average molecular weight is 385 g/mol. The number of nitrogens with two attached hydrogens (primary N) is 1. The number of nitrogens with one attached hydrogen (secondary N) is 1. The van der Waals surface area contributed by atoms with Crippen molar-refractivity contribution in [1.82, 2.24) is 9.88 Å². The number of anilines is 2. The number of hydrogen-bond acceptors (Lipinski definition) is 6. The SMILES string of the molecule is NC(=O)c1c(NC(=O)CN2CCN(c3ccccn3)CC2)sc2c1CCC2. The van der Waals surface area contributed by atoms with E-state index in [0.29, 0.717) is 17.1 Å². The van der Waals surface area contributed by atoms with Gasteiger partial charge in [-0.25, -0.2) is 4.98 Å². The van der Waals surface area contributed by atoms with Gasteiger partial charge in [0.05, 0.1) is 12.1 Å². The van der Waals surface area contributed by atoms with Gasteiger partial charge >= 0.3 is 0 Å². The first kappa shape index (κ1) is 17.9. The molecule has 3 heterocycles. The van der Waals surface area contributed by atoms with Crippen molar-refractivity contribution in [3.05, 3.63) is 40.4 Å². The minimum atomic E-state index is -0.450. The zero-order chi connectivity index (χ0) is 18.8. The highest BCUT2D eigenvalue weighted by Crippen LogP contribution is 2.38. The van der Waals surface area contributed by atoms with Crippen LogP contribution in [0.15, 0.2) is 24.4 Å². The number of nitrogens with zero attached hydrogens (tertiary/aromatic N) is 3. The van der Waals surface area contributed by atoms with Gasteiger partial charge < -0.3 is 16.0 Å². The lowest BCUT2D eigenvalue weighted by atomic mass is 10.1. The van der Waals surface area contributed by atoms with Gasteiger partial charge in [-0.1, -0.05) is 6.07 Å². The summed E-state index contributed by atoms with van der Waals surface area (Å²) in [7, 11) is 0. The van der Waals surface area contributed by atoms with Crippen LogP contribution in [0, 0.1) is 0 Å².